The monoisotopic (exact) mass is 243 g/mol. The molecular weight excluding hydrogens is 230 g/mol. The molecule has 0 unspecified atom stereocenters. The predicted octanol–water partition coefficient (Wildman–Crippen LogP) is 3.18. The SMILES string of the molecule is Cc1ccc(-c2nc3c(s2)CC(=O)CC3)cc1. The average Bonchev–Trinajstić information content (AvgIpc) is 2.72. The van der Waals surface area contributed by atoms with Gasteiger partial charge in [0.05, 0.1) is 5.69 Å². The molecule has 0 saturated heterocycles. The van der Waals surface area contributed by atoms with E-state index in [9.17, 15) is 4.79 Å². The third kappa shape index (κ3) is 2.03. The first-order valence-electron chi connectivity index (χ1n) is 5.80. The lowest BCUT2D eigenvalue weighted by Gasteiger charge is -2.06. The molecule has 3 heteroatoms. The van der Waals surface area contributed by atoms with Crippen molar-refractivity contribution in [1.82, 2.24) is 4.98 Å². The number of carbonyl (C=O) groups is 1. The summed E-state index contributed by atoms with van der Waals surface area (Å²) in [6, 6.07) is 8.39. The molecule has 1 aliphatic rings. The molecule has 0 aliphatic heterocycles. The fourth-order valence-corrected chi connectivity index (χ4v) is 3.20. The number of ketones is 1. The minimum atomic E-state index is 0.344. The molecule has 0 bridgehead atoms. The third-order valence-electron chi connectivity index (χ3n) is 3.08. The number of hydrogen-bond acceptors (Lipinski definition) is 3. The summed E-state index contributed by atoms with van der Waals surface area (Å²) in [5.74, 6) is 0.344. The normalized spacial score (nSPS) is 14.8. The molecule has 2 nitrogen and oxygen atoms in total. The number of rotatable bonds is 1. The zero-order chi connectivity index (χ0) is 11.8. The van der Waals surface area contributed by atoms with Gasteiger partial charge < -0.3 is 0 Å². The third-order valence-corrected chi connectivity index (χ3v) is 4.22. The van der Waals surface area contributed by atoms with E-state index in [1.807, 2.05) is 0 Å². The van der Waals surface area contributed by atoms with Crippen LogP contribution < -0.4 is 0 Å². The topological polar surface area (TPSA) is 30.0 Å². The zero-order valence-electron chi connectivity index (χ0n) is 9.69. The van der Waals surface area contributed by atoms with E-state index in [1.54, 1.807) is 11.3 Å². The highest BCUT2D eigenvalue weighted by atomic mass is 32.1. The largest absolute Gasteiger partial charge is 0.299 e. The molecule has 0 atom stereocenters. The summed E-state index contributed by atoms with van der Waals surface area (Å²) < 4.78 is 0. The van der Waals surface area contributed by atoms with Gasteiger partial charge in [-0.05, 0) is 13.3 Å². The van der Waals surface area contributed by atoms with Crippen LogP contribution in [0.25, 0.3) is 10.6 Å². The summed E-state index contributed by atoms with van der Waals surface area (Å²) in [5.41, 5.74) is 3.54. The van der Waals surface area contributed by atoms with Gasteiger partial charge in [-0.1, -0.05) is 29.8 Å². The minimum absolute atomic E-state index is 0.344. The van der Waals surface area contributed by atoms with Gasteiger partial charge in [0.1, 0.15) is 10.8 Å². The highest BCUT2D eigenvalue weighted by Gasteiger charge is 2.20. The second-order valence-electron chi connectivity index (χ2n) is 4.47. The highest BCUT2D eigenvalue weighted by molar-refractivity contribution is 7.15. The van der Waals surface area contributed by atoms with Crippen molar-refractivity contribution < 1.29 is 4.79 Å². The number of nitrogens with zero attached hydrogens (tertiary/aromatic N) is 1. The van der Waals surface area contributed by atoms with Crippen LogP contribution in [0.1, 0.15) is 22.6 Å². The number of thiazole rings is 1. The van der Waals surface area contributed by atoms with Crippen LogP contribution in [-0.4, -0.2) is 10.8 Å². The Hall–Kier alpha value is -1.48. The summed E-state index contributed by atoms with van der Waals surface area (Å²) >= 11 is 1.67. The molecule has 0 amide bonds. The van der Waals surface area contributed by atoms with E-state index >= 15 is 0 Å². The fourth-order valence-electron chi connectivity index (χ4n) is 2.06. The first-order valence-corrected chi connectivity index (χ1v) is 6.61. The number of aryl methyl sites for hydroxylation is 2. The van der Waals surface area contributed by atoms with Gasteiger partial charge in [-0.15, -0.1) is 11.3 Å². The summed E-state index contributed by atoms with van der Waals surface area (Å²) in [7, 11) is 0. The maximum Gasteiger partial charge on any atom is 0.138 e. The van der Waals surface area contributed by atoms with Crippen molar-refractivity contribution in [3.8, 4) is 10.6 Å². The lowest BCUT2D eigenvalue weighted by molar-refractivity contribution is -0.118. The maximum atomic E-state index is 11.4. The van der Waals surface area contributed by atoms with Crippen molar-refractivity contribution in [2.45, 2.75) is 26.2 Å². The molecule has 3 rings (SSSR count). The second kappa shape index (κ2) is 4.08. The molecule has 17 heavy (non-hydrogen) atoms. The smallest absolute Gasteiger partial charge is 0.138 e. The van der Waals surface area contributed by atoms with Gasteiger partial charge in [-0.2, -0.15) is 0 Å². The number of aromatic nitrogens is 1. The summed E-state index contributed by atoms with van der Waals surface area (Å²) in [4.78, 5) is 17.2. The number of benzene rings is 1. The second-order valence-corrected chi connectivity index (χ2v) is 5.55. The molecule has 0 saturated carbocycles. The van der Waals surface area contributed by atoms with Gasteiger partial charge in [0.15, 0.2) is 0 Å². The van der Waals surface area contributed by atoms with Crippen molar-refractivity contribution >= 4 is 17.1 Å². The lowest BCUT2D eigenvalue weighted by atomic mass is 10.0. The Labute approximate surface area is 104 Å². The Morgan fingerprint density at radius 2 is 1.94 bits per heavy atom. The number of fused-ring (bicyclic) bond motifs is 1. The van der Waals surface area contributed by atoms with Crippen LogP contribution in [0.2, 0.25) is 0 Å². The van der Waals surface area contributed by atoms with Crippen LogP contribution in [0.15, 0.2) is 24.3 Å². The predicted molar refractivity (Wildman–Crippen MR) is 69.3 cm³/mol. The summed E-state index contributed by atoms with van der Waals surface area (Å²) in [6.07, 6.45) is 2.06. The van der Waals surface area contributed by atoms with Crippen molar-refractivity contribution in [1.29, 1.82) is 0 Å². The molecule has 0 N–H and O–H groups in total. The van der Waals surface area contributed by atoms with Crippen molar-refractivity contribution in [2.75, 3.05) is 0 Å². The molecule has 1 heterocycles. The van der Waals surface area contributed by atoms with E-state index in [4.69, 9.17) is 0 Å². The Morgan fingerprint density at radius 3 is 2.71 bits per heavy atom. The Balaban J connectivity index is 1.99. The van der Waals surface area contributed by atoms with Crippen LogP contribution in [0.5, 0.6) is 0 Å². The minimum Gasteiger partial charge on any atom is -0.299 e. The van der Waals surface area contributed by atoms with Crippen LogP contribution >= 0.6 is 11.3 Å². The number of carbonyl (C=O) groups excluding carboxylic acids is 1. The van der Waals surface area contributed by atoms with Crippen molar-refractivity contribution in [2.24, 2.45) is 0 Å². The molecule has 1 aromatic heterocycles. The summed E-state index contributed by atoms with van der Waals surface area (Å²) in [6.45, 7) is 2.08. The van der Waals surface area contributed by atoms with Crippen molar-refractivity contribution in [3.05, 3.63) is 40.4 Å². The molecule has 0 radical (unpaired) electrons. The van der Waals surface area contributed by atoms with Gasteiger partial charge in [-0.25, -0.2) is 4.98 Å². The Morgan fingerprint density at radius 1 is 1.18 bits per heavy atom. The molecule has 1 aromatic carbocycles. The fraction of sp³-hybridized carbons (Fsp3) is 0.286. The number of hydrogen-bond donors (Lipinski definition) is 0. The van der Waals surface area contributed by atoms with E-state index in [1.165, 1.54) is 5.56 Å². The highest BCUT2D eigenvalue weighted by Crippen LogP contribution is 2.31. The zero-order valence-corrected chi connectivity index (χ0v) is 10.5. The standard InChI is InChI=1S/C14H13NOS/c1-9-2-4-10(5-3-9)14-15-12-7-6-11(16)8-13(12)17-14/h2-5H,6-8H2,1H3. The summed E-state index contributed by atoms with van der Waals surface area (Å²) in [5, 5.41) is 1.05. The van der Waals surface area contributed by atoms with E-state index < -0.39 is 0 Å². The molecule has 2 aromatic rings. The van der Waals surface area contributed by atoms with E-state index in [-0.39, 0.29) is 0 Å². The van der Waals surface area contributed by atoms with Crippen molar-refractivity contribution in [3.63, 3.8) is 0 Å². The number of Topliss-reactive ketones (excluding diaryl/α,β-unsaturated/α-hetero) is 1. The molecular formula is C14H13NOS. The van der Waals surface area contributed by atoms with Crippen LogP contribution in [0, 0.1) is 6.92 Å². The van der Waals surface area contributed by atoms with Gasteiger partial charge in [0.25, 0.3) is 0 Å². The lowest BCUT2D eigenvalue weighted by Crippen LogP contribution is -2.11. The molecule has 86 valence electrons. The van der Waals surface area contributed by atoms with E-state index in [0.717, 1.165) is 27.6 Å². The van der Waals surface area contributed by atoms with E-state index in [2.05, 4.69) is 36.2 Å². The molecule has 1 aliphatic carbocycles. The average molecular weight is 243 g/mol. The first kappa shape index (κ1) is 10.7. The quantitative estimate of drug-likeness (QED) is 0.770. The van der Waals surface area contributed by atoms with Gasteiger partial charge in [0.2, 0.25) is 0 Å². The van der Waals surface area contributed by atoms with E-state index in [0.29, 0.717) is 18.6 Å². The molecule has 0 fully saturated rings. The van der Waals surface area contributed by atoms with Crippen LogP contribution in [0.3, 0.4) is 0 Å². The first-order chi connectivity index (χ1) is 8.22. The molecule has 0 spiro atoms. The Kier molecular flexibility index (Phi) is 2.56. The van der Waals surface area contributed by atoms with Crippen LogP contribution in [0.4, 0.5) is 0 Å². The van der Waals surface area contributed by atoms with Gasteiger partial charge in [0, 0.05) is 23.3 Å². The van der Waals surface area contributed by atoms with Gasteiger partial charge >= 0.3 is 0 Å². The Bertz CT molecular complexity index is 568. The maximum absolute atomic E-state index is 11.4. The van der Waals surface area contributed by atoms with Gasteiger partial charge in [-0.3, -0.25) is 4.79 Å². The van der Waals surface area contributed by atoms with Crippen LogP contribution in [-0.2, 0) is 17.6 Å².